The molecule has 0 unspecified atom stereocenters. The molecule has 3 heteroatoms. The maximum atomic E-state index is 11.7. The number of hydrogen-bond donors (Lipinski definition) is 0. The predicted octanol–water partition coefficient (Wildman–Crippen LogP) is 4.93. The molecule has 0 radical (unpaired) electrons. The number of carbonyl (C=O) groups excluding carboxylic acids is 1. The quantitative estimate of drug-likeness (QED) is 0.372. The van der Waals surface area contributed by atoms with Crippen molar-refractivity contribution in [1.82, 2.24) is 0 Å². The molecule has 0 spiro atoms. The van der Waals surface area contributed by atoms with E-state index in [4.69, 9.17) is 4.74 Å². The van der Waals surface area contributed by atoms with Crippen molar-refractivity contribution in [3.8, 4) is 5.63 Å². The van der Waals surface area contributed by atoms with Crippen molar-refractivity contribution in [1.29, 1.82) is 0 Å². The first kappa shape index (κ1) is 17.2. The van der Waals surface area contributed by atoms with Crippen LogP contribution in [0.25, 0.3) is 0 Å². The van der Waals surface area contributed by atoms with Crippen molar-refractivity contribution in [2.24, 2.45) is 0 Å². The molecule has 0 aliphatic rings. The summed E-state index contributed by atoms with van der Waals surface area (Å²) >= 11 is 0. The van der Waals surface area contributed by atoms with Crippen LogP contribution in [0.4, 0.5) is 0 Å². The number of benzene rings is 3. The fourth-order valence-corrected chi connectivity index (χ4v) is 3.19. The Hall–Kier alpha value is -2.66. The number of carbonyl (C=O) groups is 1. The number of hydrogen-bond acceptors (Lipinski definition) is 2. The summed E-state index contributed by atoms with van der Waals surface area (Å²) in [7, 11) is 3.78. The Labute approximate surface area is 150 Å². The molecule has 0 aliphatic heterocycles. The van der Waals surface area contributed by atoms with Gasteiger partial charge in [-0.1, -0.05) is 0 Å². The van der Waals surface area contributed by atoms with Gasteiger partial charge in [0.1, 0.15) is 0 Å². The van der Waals surface area contributed by atoms with E-state index in [0.717, 1.165) is 16.7 Å². The van der Waals surface area contributed by atoms with Crippen molar-refractivity contribution < 1.29 is 9.53 Å². The van der Waals surface area contributed by atoms with Crippen LogP contribution in [0.15, 0.2) is 91.0 Å². The van der Waals surface area contributed by atoms with Gasteiger partial charge in [0.05, 0.1) is 0 Å². The summed E-state index contributed by atoms with van der Waals surface area (Å²) in [6.07, 6.45) is 0. The van der Waals surface area contributed by atoms with Crippen molar-refractivity contribution in [3.63, 3.8) is 0 Å². The fraction of sp³-hybridized carbons (Fsp3) is 0.0909. The molecule has 0 amide bonds. The summed E-state index contributed by atoms with van der Waals surface area (Å²) in [6, 6.07) is 30.2. The van der Waals surface area contributed by atoms with Crippen LogP contribution in [0.5, 0.6) is 0 Å². The van der Waals surface area contributed by atoms with E-state index in [1.165, 1.54) is 0 Å². The molecule has 3 aromatic carbocycles. The van der Waals surface area contributed by atoms with E-state index in [0.29, 0.717) is 0 Å². The zero-order valence-corrected chi connectivity index (χ0v) is 14.5. The van der Waals surface area contributed by atoms with Crippen LogP contribution < -0.4 is 0 Å². The number of ether oxygens (including phenoxy) is 1. The zero-order chi connectivity index (χ0) is 17.5. The average molecular weight is 344 g/mol. The second-order valence-electron chi connectivity index (χ2n) is 5.69. The van der Waals surface area contributed by atoms with Gasteiger partial charge in [0.25, 0.3) is 0 Å². The van der Waals surface area contributed by atoms with E-state index >= 15 is 0 Å². The predicted molar refractivity (Wildman–Crippen MR) is 101 cm³/mol. The summed E-state index contributed by atoms with van der Waals surface area (Å²) < 4.78 is 5.49. The van der Waals surface area contributed by atoms with Crippen molar-refractivity contribution in [2.75, 3.05) is 6.61 Å². The molecular weight excluding hydrogens is 327 g/mol. The number of esters is 1. The summed E-state index contributed by atoms with van der Waals surface area (Å²) in [5, 5.41) is 0. The van der Waals surface area contributed by atoms with Crippen LogP contribution in [0.1, 0.15) is 16.7 Å². The van der Waals surface area contributed by atoms with Crippen molar-refractivity contribution in [3.05, 3.63) is 108 Å². The first-order chi connectivity index (χ1) is 12.3. The van der Waals surface area contributed by atoms with E-state index in [1.54, 1.807) is 0 Å². The van der Waals surface area contributed by atoms with Gasteiger partial charge in [-0.3, -0.25) is 0 Å². The van der Waals surface area contributed by atoms with Gasteiger partial charge in [-0.2, -0.15) is 0 Å². The molecule has 3 aromatic rings. The van der Waals surface area contributed by atoms with Crippen LogP contribution in [0.2, 0.25) is 0 Å². The molecule has 0 atom stereocenters. The molecule has 0 saturated carbocycles. The molecule has 0 bridgehead atoms. The molecule has 0 heterocycles. The minimum absolute atomic E-state index is 0.164. The van der Waals surface area contributed by atoms with Gasteiger partial charge in [-0.25, -0.2) is 0 Å². The molecule has 0 saturated heterocycles. The summed E-state index contributed by atoms with van der Waals surface area (Å²) in [4.78, 5) is 11.7. The van der Waals surface area contributed by atoms with Crippen LogP contribution in [-0.4, -0.2) is 12.6 Å². The molecule has 25 heavy (non-hydrogen) atoms. The van der Waals surface area contributed by atoms with Gasteiger partial charge in [-0.05, 0) is 0 Å². The molecule has 0 aliphatic carbocycles. The second kappa shape index (κ2) is 7.94. The van der Waals surface area contributed by atoms with Crippen molar-refractivity contribution in [2.45, 2.75) is 5.41 Å². The van der Waals surface area contributed by atoms with E-state index in [9.17, 15) is 4.79 Å². The molecule has 3 rings (SSSR count). The Kier molecular flexibility index (Phi) is 5.46. The minimum atomic E-state index is -0.607. The maximum absolute atomic E-state index is 11.7. The monoisotopic (exact) mass is 344 g/mol. The van der Waals surface area contributed by atoms with E-state index in [2.05, 4.69) is 50.7 Å². The first-order valence-corrected chi connectivity index (χ1v) is 8.45. The van der Waals surface area contributed by atoms with Crippen molar-refractivity contribution >= 4 is 14.7 Å². The van der Waals surface area contributed by atoms with Crippen LogP contribution in [-0.2, 0) is 14.9 Å². The van der Waals surface area contributed by atoms with Gasteiger partial charge in [0, 0.05) is 0 Å². The van der Waals surface area contributed by atoms with Crippen LogP contribution in [0.3, 0.4) is 0 Å². The Bertz CT molecular complexity index is 772. The SMILES string of the molecule is O=C(C#P)OCC(c1ccccc1)(c1ccccc1)c1ccccc1. The molecule has 2 nitrogen and oxygen atoms in total. The van der Waals surface area contributed by atoms with E-state index < -0.39 is 11.4 Å². The third-order valence-electron chi connectivity index (χ3n) is 4.31. The van der Waals surface area contributed by atoms with Gasteiger partial charge in [0.2, 0.25) is 0 Å². The van der Waals surface area contributed by atoms with E-state index in [-0.39, 0.29) is 6.61 Å². The normalized spacial score (nSPS) is 10.7. The Morgan fingerprint density at radius 2 is 1.12 bits per heavy atom. The van der Waals surface area contributed by atoms with Crippen LogP contribution >= 0.6 is 8.70 Å². The standard InChI is InChI=1S/C22H17O2P/c23-21(16-25)24-17-22(18-10-4-1-5-11-18,19-12-6-2-7-13-19)20-14-8-3-9-15-20/h1-15H,17H2. The van der Waals surface area contributed by atoms with Gasteiger partial charge >= 0.3 is 150 Å². The number of rotatable bonds is 5. The first-order valence-electron chi connectivity index (χ1n) is 8.01. The Balaban J connectivity index is 2.24. The van der Waals surface area contributed by atoms with Crippen LogP contribution in [0, 0.1) is 5.63 Å². The second-order valence-corrected chi connectivity index (χ2v) is 5.91. The summed E-state index contributed by atoms with van der Waals surface area (Å²) in [5.74, 6) is -0.574. The molecule has 0 N–H and O–H groups in total. The zero-order valence-electron chi connectivity index (χ0n) is 13.6. The molecule has 0 fully saturated rings. The topological polar surface area (TPSA) is 26.3 Å². The van der Waals surface area contributed by atoms with Gasteiger partial charge < -0.3 is 0 Å². The molecule has 0 aromatic heterocycles. The Morgan fingerprint density at radius 1 is 0.760 bits per heavy atom. The Morgan fingerprint density at radius 3 is 1.44 bits per heavy atom. The summed E-state index contributed by atoms with van der Waals surface area (Å²) in [5.41, 5.74) is 4.78. The summed E-state index contributed by atoms with van der Waals surface area (Å²) in [6.45, 7) is 0.164. The molecule has 122 valence electrons. The van der Waals surface area contributed by atoms with Gasteiger partial charge in [-0.15, -0.1) is 0 Å². The average Bonchev–Trinajstić information content (AvgIpc) is 2.71. The van der Waals surface area contributed by atoms with Gasteiger partial charge in [0.15, 0.2) is 0 Å². The third-order valence-corrected chi connectivity index (χ3v) is 4.49. The fourth-order valence-electron chi connectivity index (χ4n) is 3.12. The molecular formula is C22H17O2P. The van der Waals surface area contributed by atoms with E-state index in [1.807, 2.05) is 54.6 Å². The third kappa shape index (κ3) is 3.56.